The standard InChI is InChI=1S/C18H17Cl2NO3S/c1-10-6-11(2)17(15(20)7-10)21-16(22)9-24-18(23)13-8-12(25-3)4-5-14(13)19/h4-8H,9H2,1-3H3,(H,21,22). The van der Waals surface area contributed by atoms with Crippen molar-refractivity contribution < 1.29 is 14.3 Å². The molecule has 2 aromatic carbocycles. The minimum Gasteiger partial charge on any atom is -0.452 e. The fraction of sp³-hybridized carbons (Fsp3) is 0.222. The maximum absolute atomic E-state index is 12.1. The quantitative estimate of drug-likeness (QED) is 0.561. The zero-order chi connectivity index (χ0) is 18.6. The Morgan fingerprint density at radius 3 is 2.48 bits per heavy atom. The van der Waals surface area contributed by atoms with E-state index in [1.54, 1.807) is 24.3 Å². The molecule has 0 unspecified atom stereocenters. The number of esters is 1. The number of ether oxygens (including phenoxy) is 1. The van der Waals surface area contributed by atoms with Crippen molar-refractivity contribution in [1.82, 2.24) is 0 Å². The monoisotopic (exact) mass is 397 g/mol. The van der Waals surface area contributed by atoms with E-state index in [1.807, 2.05) is 26.2 Å². The van der Waals surface area contributed by atoms with Gasteiger partial charge < -0.3 is 10.1 Å². The highest BCUT2D eigenvalue weighted by molar-refractivity contribution is 7.98. The molecule has 25 heavy (non-hydrogen) atoms. The van der Waals surface area contributed by atoms with E-state index in [1.165, 1.54) is 11.8 Å². The van der Waals surface area contributed by atoms with Gasteiger partial charge in [-0.1, -0.05) is 29.3 Å². The molecule has 0 aliphatic heterocycles. The van der Waals surface area contributed by atoms with Gasteiger partial charge >= 0.3 is 5.97 Å². The van der Waals surface area contributed by atoms with Crippen LogP contribution in [-0.2, 0) is 9.53 Å². The minimum atomic E-state index is -0.650. The molecule has 2 aromatic rings. The molecule has 0 aliphatic rings. The lowest BCUT2D eigenvalue weighted by Crippen LogP contribution is -2.21. The molecule has 2 rings (SSSR count). The number of hydrogen-bond acceptors (Lipinski definition) is 4. The Morgan fingerprint density at radius 1 is 1.12 bits per heavy atom. The van der Waals surface area contributed by atoms with Crippen LogP contribution >= 0.6 is 35.0 Å². The molecule has 4 nitrogen and oxygen atoms in total. The molecule has 1 amide bonds. The van der Waals surface area contributed by atoms with Crippen LogP contribution < -0.4 is 5.32 Å². The van der Waals surface area contributed by atoms with Gasteiger partial charge in [-0.3, -0.25) is 4.79 Å². The van der Waals surface area contributed by atoms with Crippen LogP contribution in [0.25, 0.3) is 0 Å². The Bertz CT molecular complexity index is 801. The number of thioether (sulfide) groups is 1. The number of carbonyl (C=O) groups is 2. The van der Waals surface area contributed by atoms with E-state index in [-0.39, 0.29) is 10.6 Å². The molecule has 0 fully saturated rings. The van der Waals surface area contributed by atoms with Crippen molar-refractivity contribution in [3.8, 4) is 0 Å². The highest BCUT2D eigenvalue weighted by Gasteiger charge is 2.16. The summed E-state index contributed by atoms with van der Waals surface area (Å²) in [5, 5.41) is 3.38. The third-order valence-corrected chi connectivity index (χ3v) is 4.78. The Labute approximate surface area is 160 Å². The molecule has 0 saturated heterocycles. The molecule has 0 bridgehead atoms. The topological polar surface area (TPSA) is 55.4 Å². The normalized spacial score (nSPS) is 10.4. The predicted molar refractivity (Wildman–Crippen MR) is 103 cm³/mol. The summed E-state index contributed by atoms with van der Waals surface area (Å²) in [5.41, 5.74) is 2.57. The molecule has 0 heterocycles. The van der Waals surface area contributed by atoms with E-state index >= 15 is 0 Å². The Kier molecular flexibility index (Phi) is 6.76. The molecule has 0 aliphatic carbocycles. The number of anilines is 1. The lowest BCUT2D eigenvalue weighted by atomic mass is 10.1. The van der Waals surface area contributed by atoms with Gasteiger partial charge in [-0.25, -0.2) is 4.79 Å². The third-order valence-electron chi connectivity index (χ3n) is 3.42. The SMILES string of the molecule is CSc1ccc(Cl)c(C(=O)OCC(=O)Nc2c(C)cc(C)cc2Cl)c1. The second kappa shape index (κ2) is 8.61. The number of benzene rings is 2. The summed E-state index contributed by atoms with van der Waals surface area (Å²) in [6, 6.07) is 8.72. The first kappa shape index (κ1) is 19.6. The second-order valence-electron chi connectivity index (χ2n) is 5.41. The predicted octanol–water partition coefficient (Wildman–Crippen LogP) is 5.13. The van der Waals surface area contributed by atoms with Gasteiger partial charge in [0.15, 0.2) is 6.61 Å². The number of aryl methyl sites for hydroxylation is 2. The van der Waals surface area contributed by atoms with E-state index < -0.39 is 18.5 Å². The average Bonchev–Trinajstić information content (AvgIpc) is 2.56. The first-order valence-corrected chi connectivity index (χ1v) is 9.37. The number of rotatable bonds is 5. The molecule has 0 saturated carbocycles. The highest BCUT2D eigenvalue weighted by atomic mass is 35.5. The van der Waals surface area contributed by atoms with Crippen LogP contribution in [0.3, 0.4) is 0 Å². The number of hydrogen-bond donors (Lipinski definition) is 1. The summed E-state index contributed by atoms with van der Waals surface area (Å²) < 4.78 is 5.06. The molecular formula is C18H17Cl2NO3S. The highest BCUT2D eigenvalue weighted by Crippen LogP contribution is 2.27. The van der Waals surface area contributed by atoms with Crippen molar-refractivity contribution in [2.24, 2.45) is 0 Å². The summed E-state index contributed by atoms with van der Waals surface area (Å²) in [6.07, 6.45) is 1.89. The second-order valence-corrected chi connectivity index (χ2v) is 7.10. The first-order chi connectivity index (χ1) is 11.8. The molecule has 7 heteroatoms. The van der Waals surface area contributed by atoms with Gasteiger partial charge in [-0.2, -0.15) is 0 Å². The van der Waals surface area contributed by atoms with Gasteiger partial charge in [0.2, 0.25) is 0 Å². The molecule has 132 valence electrons. The van der Waals surface area contributed by atoms with Crippen LogP contribution in [0.4, 0.5) is 5.69 Å². The first-order valence-electron chi connectivity index (χ1n) is 7.39. The van der Waals surface area contributed by atoms with Crippen LogP contribution in [0.1, 0.15) is 21.5 Å². The molecule has 0 spiro atoms. The van der Waals surface area contributed by atoms with E-state index in [4.69, 9.17) is 27.9 Å². The van der Waals surface area contributed by atoms with E-state index in [0.717, 1.165) is 16.0 Å². The van der Waals surface area contributed by atoms with Crippen LogP contribution in [0.2, 0.25) is 10.0 Å². The lowest BCUT2D eigenvalue weighted by molar-refractivity contribution is -0.119. The van der Waals surface area contributed by atoms with Crippen molar-refractivity contribution in [2.75, 3.05) is 18.2 Å². The van der Waals surface area contributed by atoms with E-state index in [2.05, 4.69) is 5.32 Å². The van der Waals surface area contributed by atoms with Gasteiger partial charge in [-0.15, -0.1) is 11.8 Å². The maximum Gasteiger partial charge on any atom is 0.340 e. The molecule has 0 aromatic heterocycles. The molecule has 0 atom stereocenters. The van der Waals surface area contributed by atoms with Crippen LogP contribution in [0.15, 0.2) is 35.2 Å². The molecule has 1 N–H and O–H groups in total. The summed E-state index contributed by atoms with van der Waals surface area (Å²) in [7, 11) is 0. The lowest BCUT2D eigenvalue weighted by Gasteiger charge is -2.12. The zero-order valence-corrected chi connectivity index (χ0v) is 16.3. The van der Waals surface area contributed by atoms with Gasteiger partial charge in [-0.05, 0) is 55.5 Å². The van der Waals surface area contributed by atoms with Crippen molar-refractivity contribution in [1.29, 1.82) is 0 Å². The van der Waals surface area contributed by atoms with Crippen molar-refractivity contribution in [3.63, 3.8) is 0 Å². The number of carbonyl (C=O) groups excluding carboxylic acids is 2. The molecule has 0 radical (unpaired) electrons. The summed E-state index contributed by atoms with van der Waals surface area (Å²) in [5.74, 6) is -1.12. The van der Waals surface area contributed by atoms with Crippen LogP contribution in [0, 0.1) is 13.8 Å². The molecular weight excluding hydrogens is 381 g/mol. The smallest absolute Gasteiger partial charge is 0.340 e. The Morgan fingerprint density at radius 2 is 1.84 bits per heavy atom. The largest absolute Gasteiger partial charge is 0.452 e. The summed E-state index contributed by atoms with van der Waals surface area (Å²) >= 11 is 13.7. The minimum absolute atomic E-state index is 0.228. The van der Waals surface area contributed by atoms with E-state index in [9.17, 15) is 9.59 Å². The number of halogens is 2. The summed E-state index contributed by atoms with van der Waals surface area (Å²) in [4.78, 5) is 25.1. The van der Waals surface area contributed by atoms with Gasteiger partial charge in [0.1, 0.15) is 0 Å². The zero-order valence-electron chi connectivity index (χ0n) is 14.0. The van der Waals surface area contributed by atoms with Crippen LogP contribution in [0.5, 0.6) is 0 Å². The van der Waals surface area contributed by atoms with Gasteiger partial charge in [0.25, 0.3) is 5.91 Å². The van der Waals surface area contributed by atoms with E-state index in [0.29, 0.717) is 10.7 Å². The fourth-order valence-corrected chi connectivity index (χ4v) is 3.25. The van der Waals surface area contributed by atoms with Crippen molar-refractivity contribution in [2.45, 2.75) is 18.7 Å². The van der Waals surface area contributed by atoms with Gasteiger partial charge in [0, 0.05) is 4.90 Å². The third kappa shape index (κ3) is 5.14. The fourth-order valence-electron chi connectivity index (χ4n) is 2.25. The van der Waals surface area contributed by atoms with Crippen molar-refractivity contribution in [3.05, 3.63) is 57.1 Å². The Balaban J connectivity index is 2.02. The average molecular weight is 398 g/mol. The summed E-state index contributed by atoms with van der Waals surface area (Å²) in [6.45, 7) is 3.33. The number of nitrogens with one attached hydrogen (secondary N) is 1. The maximum atomic E-state index is 12.1. The van der Waals surface area contributed by atoms with Crippen molar-refractivity contribution >= 4 is 52.5 Å². The van der Waals surface area contributed by atoms with Crippen LogP contribution in [-0.4, -0.2) is 24.7 Å². The Hall–Kier alpha value is -1.69. The number of amides is 1. The van der Waals surface area contributed by atoms with Gasteiger partial charge in [0.05, 0.1) is 21.3 Å².